The van der Waals surface area contributed by atoms with Crippen molar-refractivity contribution in [1.82, 2.24) is 5.32 Å². The molecule has 18 heavy (non-hydrogen) atoms. The Balaban J connectivity index is 2.20. The van der Waals surface area contributed by atoms with Gasteiger partial charge in [0, 0.05) is 13.0 Å². The maximum atomic E-state index is 11.2. The zero-order valence-electron chi connectivity index (χ0n) is 10.7. The third-order valence-electron chi connectivity index (χ3n) is 2.92. The van der Waals surface area contributed by atoms with Crippen LogP contribution >= 0.6 is 0 Å². The smallest absolute Gasteiger partial charge is 0.219 e. The van der Waals surface area contributed by atoms with Gasteiger partial charge in [-0.3, -0.25) is 4.79 Å². The minimum absolute atomic E-state index is 0.0739. The molecule has 0 heterocycles. The molecule has 0 spiro atoms. The zero-order valence-corrected chi connectivity index (χ0v) is 10.7. The molecular weight excluding hydrogens is 226 g/mol. The van der Waals surface area contributed by atoms with Crippen molar-refractivity contribution in [3.63, 3.8) is 0 Å². The Bertz CT molecular complexity index is 563. The van der Waals surface area contributed by atoms with E-state index >= 15 is 0 Å². The van der Waals surface area contributed by atoms with Crippen molar-refractivity contribution in [2.45, 2.75) is 19.9 Å². The minimum atomic E-state index is 0.0739. The molecule has 0 unspecified atom stereocenters. The fourth-order valence-electron chi connectivity index (χ4n) is 1.84. The van der Waals surface area contributed by atoms with Gasteiger partial charge < -0.3 is 10.1 Å². The molecule has 3 heteroatoms. The Kier molecular flexibility index (Phi) is 3.82. The van der Waals surface area contributed by atoms with Crippen LogP contribution in [0.15, 0.2) is 36.4 Å². The number of hydrogen-bond donors (Lipinski definition) is 1. The van der Waals surface area contributed by atoms with Gasteiger partial charge in [-0.2, -0.15) is 0 Å². The van der Waals surface area contributed by atoms with E-state index in [-0.39, 0.29) is 5.91 Å². The summed E-state index contributed by atoms with van der Waals surface area (Å²) < 4.78 is 5.19. The van der Waals surface area contributed by atoms with Crippen molar-refractivity contribution in [3.8, 4) is 5.75 Å². The highest BCUT2D eigenvalue weighted by Gasteiger charge is 2.00. The molecule has 0 saturated carbocycles. The van der Waals surface area contributed by atoms with E-state index in [0.717, 1.165) is 22.1 Å². The van der Waals surface area contributed by atoms with Gasteiger partial charge in [-0.15, -0.1) is 0 Å². The van der Waals surface area contributed by atoms with Crippen molar-refractivity contribution >= 4 is 16.7 Å². The van der Waals surface area contributed by atoms with Gasteiger partial charge >= 0.3 is 0 Å². The fraction of sp³-hybridized carbons (Fsp3) is 0.267. The molecule has 94 valence electrons. The number of methoxy groups -OCH3 is 1. The molecule has 0 aliphatic carbocycles. The van der Waals surface area contributed by atoms with Crippen molar-refractivity contribution in [2.75, 3.05) is 7.11 Å². The van der Waals surface area contributed by atoms with E-state index in [4.69, 9.17) is 4.74 Å². The average molecular weight is 243 g/mol. The molecule has 1 N–H and O–H groups in total. The maximum absolute atomic E-state index is 11.2. The lowest BCUT2D eigenvalue weighted by atomic mass is 10.1. The van der Waals surface area contributed by atoms with Crippen molar-refractivity contribution in [1.29, 1.82) is 0 Å². The monoisotopic (exact) mass is 243 g/mol. The normalized spacial score (nSPS) is 10.3. The molecule has 2 rings (SSSR count). The number of benzene rings is 2. The number of fused-ring (bicyclic) bond motifs is 1. The highest BCUT2D eigenvalue weighted by atomic mass is 16.5. The molecule has 0 aliphatic rings. The first-order valence-corrected chi connectivity index (χ1v) is 6.06. The summed E-state index contributed by atoms with van der Waals surface area (Å²) in [5, 5.41) is 5.16. The molecule has 0 aliphatic heterocycles. The Morgan fingerprint density at radius 3 is 2.61 bits per heavy atom. The van der Waals surface area contributed by atoms with Crippen LogP contribution in [0, 0.1) is 0 Å². The Morgan fingerprint density at radius 1 is 1.17 bits per heavy atom. The first kappa shape index (κ1) is 12.4. The van der Waals surface area contributed by atoms with Crippen molar-refractivity contribution in [3.05, 3.63) is 42.0 Å². The minimum Gasteiger partial charge on any atom is -0.497 e. The molecule has 0 bridgehead atoms. The van der Waals surface area contributed by atoms with Gasteiger partial charge in [-0.05, 0) is 34.5 Å². The standard InChI is InChI=1S/C15H17NO2/c1-3-15(17)16-10-11-4-5-13-9-14(18-2)7-6-12(13)8-11/h4-9H,3,10H2,1-2H3,(H,16,17). The first-order valence-electron chi connectivity index (χ1n) is 6.06. The van der Waals surface area contributed by atoms with Gasteiger partial charge in [0.25, 0.3) is 0 Å². The van der Waals surface area contributed by atoms with Crippen LogP contribution in [-0.4, -0.2) is 13.0 Å². The summed E-state index contributed by atoms with van der Waals surface area (Å²) in [5.74, 6) is 0.930. The highest BCUT2D eigenvalue weighted by Crippen LogP contribution is 2.21. The summed E-state index contributed by atoms with van der Waals surface area (Å²) in [6.45, 7) is 2.43. The molecular formula is C15H17NO2. The lowest BCUT2D eigenvalue weighted by Crippen LogP contribution is -2.21. The summed E-state index contributed by atoms with van der Waals surface area (Å²) >= 11 is 0. The van der Waals surface area contributed by atoms with Gasteiger partial charge in [0.1, 0.15) is 5.75 Å². The molecule has 0 aromatic heterocycles. The molecule has 0 atom stereocenters. The third kappa shape index (κ3) is 2.80. The van der Waals surface area contributed by atoms with Crippen LogP contribution in [0.25, 0.3) is 10.8 Å². The molecule has 2 aromatic carbocycles. The lowest BCUT2D eigenvalue weighted by molar-refractivity contribution is -0.120. The molecule has 0 saturated heterocycles. The van der Waals surface area contributed by atoms with E-state index in [9.17, 15) is 4.79 Å². The SMILES string of the molecule is CCC(=O)NCc1ccc2cc(OC)ccc2c1. The van der Waals surface area contributed by atoms with Crippen LogP contribution in [0.2, 0.25) is 0 Å². The third-order valence-corrected chi connectivity index (χ3v) is 2.92. The topological polar surface area (TPSA) is 38.3 Å². The summed E-state index contributed by atoms with van der Waals surface area (Å²) in [6, 6.07) is 12.1. The second-order valence-electron chi connectivity index (χ2n) is 4.18. The summed E-state index contributed by atoms with van der Waals surface area (Å²) in [4.78, 5) is 11.2. The average Bonchev–Trinajstić information content (AvgIpc) is 2.43. The van der Waals surface area contributed by atoms with Gasteiger partial charge in [0.15, 0.2) is 0 Å². The fourth-order valence-corrected chi connectivity index (χ4v) is 1.84. The zero-order chi connectivity index (χ0) is 13.0. The van der Waals surface area contributed by atoms with Crippen LogP contribution in [0.3, 0.4) is 0 Å². The van der Waals surface area contributed by atoms with E-state index < -0.39 is 0 Å². The second-order valence-corrected chi connectivity index (χ2v) is 4.18. The van der Waals surface area contributed by atoms with Gasteiger partial charge in [-0.1, -0.05) is 25.1 Å². The van der Waals surface area contributed by atoms with Crippen LogP contribution in [0.1, 0.15) is 18.9 Å². The van der Waals surface area contributed by atoms with Gasteiger partial charge in [0.2, 0.25) is 5.91 Å². The number of ether oxygens (including phenoxy) is 1. The maximum Gasteiger partial charge on any atom is 0.219 e. The van der Waals surface area contributed by atoms with E-state index in [0.29, 0.717) is 13.0 Å². The Morgan fingerprint density at radius 2 is 1.89 bits per heavy atom. The van der Waals surface area contributed by atoms with Gasteiger partial charge in [-0.25, -0.2) is 0 Å². The lowest BCUT2D eigenvalue weighted by Gasteiger charge is -2.06. The molecule has 2 aromatic rings. The summed E-state index contributed by atoms with van der Waals surface area (Å²) in [5.41, 5.74) is 1.11. The Labute approximate surface area is 107 Å². The Hall–Kier alpha value is -2.03. The summed E-state index contributed by atoms with van der Waals surface area (Å²) in [7, 11) is 1.66. The van der Waals surface area contributed by atoms with Gasteiger partial charge in [0.05, 0.1) is 7.11 Å². The molecule has 1 amide bonds. The molecule has 0 radical (unpaired) electrons. The van der Waals surface area contributed by atoms with E-state index in [1.807, 2.05) is 37.3 Å². The second kappa shape index (κ2) is 5.54. The van der Waals surface area contributed by atoms with E-state index in [1.54, 1.807) is 7.11 Å². The predicted octanol–water partition coefficient (Wildman–Crippen LogP) is 2.87. The molecule has 3 nitrogen and oxygen atoms in total. The molecule has 0 fully saturated rings. The number of hydrogen-bond acceptors (Lipinski definition) is 2. The van der Waals surface area contributed by atoms with Crippen LogP contribution in [0.4, 0.5) is 0 Å². The van der Waals surface area contributed by atoms with Crippen LogP contribution in [0.5, 0.6) is 5.75 Å². The highest BCUT2D eigenvalue weighted by molar-refractivity contribution is 5.84. The van der Waals surface area contributed by atoms with E-state index in [2.05, 4.69) is 11.4 Å². The number of nitrogens with one attached hydrogen (secondary N) is 1. The first-order chi connectivity index (χ1) is 8.72. The largest absolute Gasteiger partial charge is 0.497 e. The number of carbonyl (C=O) groups excluding carboxylic acids is 1. The van der Waals surface area contributed by atoms with Crippen LogP contribution < -0.4 is 10.1 Å². The summed E-state index contributed by atoms with van der Waals surface area (Å²) in [6.07, 6.45) is 0.519. The van der Waals surface area contributed by atoms with Crippen molar-refractivity contribution < 1.29 is 9.53 Å². The van der Waals surface area contributed by atoms with E-state index in [1.165, 1.54) is 0 Å². The predicted molar refractivity (Wildman–Crippen MR) is 72.6 cm³/mol. The van der Waals surface area contributed by atoms with Crippen LogP contribution in [-0.2, 0) is 11.3 Å². The quantitative estimate of drug-likeness (QED) is 0.896. The number of amides is 1. The van der Waals surface area contributed by atoms with Crippen molar-refractivity contribution in [2.24, 2.45) is 0 Å². The number of carbonyl (C=O) groups is 1. The number of rotatable bonds is 4.